The fourth-order valence-electron chi connectivity index (χ4n) is 0.731. The number of rotatable bonds is 2. The Bertz CT molecular complexity index is 346. The molecular formula is C7H3BrF2INO. The number of pyridine rings is 1. The van der Waals surface area contributed by atoms with Gasteiger partial charge in [0.15, 0.2) is 6.29 Å². The van der Waals surface area contributed by atoms with Gasteiger partial charge in [-0.2, -0.15) is 0 Å². The van der Waals surface area contributed by atoms with E-state index in [9.17, 15) is 13.6 Å². The first-order valence-electron chi connectivity index (χ1n) is 3.15. The third-order valence-corrected chi connectivity index (χ3v) is 2.80. The minimum Gasteiger partial charge on any atom is -0.296 e. The summed E-state index contributed by atoms with van der Waals surface area (Å²) in [4.78, 5) is 13.9. The van der Waals surface area contributed by atoms with Crippen LogP contribution in [0.5, 0.6) is 0 Å². The number of halogens is 4. The van der Waals surface area contributed by atoms with E-state index in [0.717, 1.165) is 0 Å². The number of aldehydes is 1. The average molecular weight is 362 g/mol. The third kappa shape index (κ3) is 2.43. The van der Waals surface area contributed by atoms with E-state index in [0.29, 0.717) is 9.86 Å². The highest BCUT2D eigenvalue weighted by Gasteiger charge is 2.16. The van der Waals surface area contributed by atoms with Crippen molar-refractivity contribution in [1.82, 2.24) is 4.98 Å². The van der Waals surface area contributed by atoms with Crippen LogP contribution in [0.1, 0.15) is 22.6 Å². The zero-order valence-electron chi connectivity index (χ0n) is 6.10. The zero-order valence-corrected chi connectivity index (χ0v) is 9.84. The molecule has 0 saturated carbocycles. The molecule has 0 unspecified atom stereocenters. The molecule has 0 bridgehead atoms. The Morgan fingerprint density at radius 3 is 2.69 bits per heavy atom. The maximum Gasteiger partial charge on any atom is 0.281 e. The normalized spacial score (nSPS) is 10.5. The van der Waals surface area contributed by atoms with Gasteiger partial charge >= 0.3 is 0 Å². The van der Waals surface area contributed by atoms with Crippen molar-refractivity contribution in [2.45, 2.75) is 6.43 Å². The highest BCUT2D eigenvalue weighted by molar-refractivity contribution is 14.1. The van der Waals surface area contributed by atoms with Crippen molar-refractivity contribution in [3.8, 4) is 0 Å². The van der Waals surface area contributed by atoms with Crippen LogP contribution < -0.4 is 0 Å². The maximum absolute atomic E-state index is 12.3. The summed E-state index contributed by atoms with van der Waals surface area (Å²) >= 11 is 4.81. The molecule has 0 aliphatic rings. The largest absolute Gasteiger partial charge is 0.296 e. The molecule has 1 heterocycles. The van der Waals surface area contributed by atoms with Gasteiger partial charge in [0, 0.05) is 8.04 Å². The molecule has 0 radical (unpaired) electrons. The van der Waals surface area contributed by atoms with E-state index in [-0.39, 0.29) is 10.2 Å². The molecule has 0 saturated heterocycles. The summed E-state index contributed by atoms with van der Waals surface area (Å²) in [5, 5.41) is 0. The van der Waals surface area contributed by atoms with Gasteiger partial charge in [0.25, 0.3) is 6.43 Å². The van der Waals surface area contributed by atoms with Gasteiger partial charge in [0.05, 0.1) is 0 Å². The molecule has 0 aromatic carbocycles. The van der Waals surface area contributed by atoms with E-state index in [1.165, 1.54) is 6.07 Å². The van der Waals surface area contributed by atoms with Gasteiger partial charge in [-0.15, -0.1) is 0 Å². The van der Waals surface area contributed by atoms with Crippen molar-refractivity contribution in [1.29, 1.82) is 0 Å². The molecule has 0 aliphatic heterocycles. The Morgan fingerprint density at radius 1 is 1.62 bits per heavy atom. The molecule has 0 amide bonds. The van der Waals surface area contributed by atoms with E-state index in [1.54, 1.807) is 0 Å². The van der Waals surface area contributed by atoms with Crippen LogP contribution in [0.2, 0.25) is 0 Å². The second kappa shape index (κ2) is 4.41. The van der Waals surface area contributed by atoms with Gasteiger partial charge < -0.3 is 0 Å². The van der Waals surface area contributed by atoms with Crippen LogP contribution in [0.15, 0.2) is 10.5 Å². The molecule has 13 heavy (non-hydrogen) atoms. The van der Waals surface area contributed by atoms with Crippen LogP contribution in [-0.4, -0.2) is 11.3 Å². The first kappa shape index (κ1) is 11.0. The van der Waals surface area contributed by atoms with Gasteiger partial charge in [0.2, 0.25) is 0 Å². The van der Waals surface area contributed by atoms with E-state index in [4.69, 9.17) is 0 Å². The molecular weight excluding hydrogens is 359 g/mol. The molecule has 0 spiro atoms. The van der Waals surface area contributed by atoms with Crippen molar-refractivity contribution in [2.24, 2.45) is 0 Å². The molecule has 0 aliphatic carbocycles. The van der Waals surface area contributed by atoms with E-state index < -0.39 is 12.1 Å². The number of nitrogens with zero attached hydrogens (tertiary/aromatic N) is 1. The van der Waals surface area contributed by atoms with Crippen molar-refractivity contribution in [2.75, 3.05) is 0 Å². The van der Waals surface area contributed by atoms with Crippen LogP contribution in [0.25, 0.3) is 0 Å². The number of carbonyl (C=O) groups is 1. The topological polar surface area (TPSA) is 30.0 Å². The van der Waals surface area contributed by atoms with Crippen molar-refractivity contribution in [3.63, 3.8) is 0 Å². The number of hydrogen-bond acceptors (Lipinski definition) is 2. The smallest absolute Gasteiger partial charge is 0.281 e. The molecule has 70 valence electrons. The first-order chi connectivity index (χ1) is 6.06. The lowest BCUT2D eigenvalue weighted by atomic mass is 10.3. The Morgan fingerprint density at radius 2 is 2.23 bits per heavy atom. The fraction of sp³-hybridized carbons (Fsp3) is 0.143. The highest BCUT2D eigenvalue weighted by atomic mass is 127. The van der Waals surface area contributed by atoms with E-state index >= 15 is 0 Å². The molecule has 1 aromatic rings. The number of aromatic nitrogens is 1. The lowest BCUT2D eigenvalue weighted by Crippen LogP contribution is -1.99. The summed E-state index contributed by atoms with van der Waals surface area (Å²) in [6.45, 7) is 0. The zero-order chi connectivity index (χ0) is 10.0. The van der Waals surface area contributed by atoms with Crippen molar-refractivity contribution < 1.29 is 13.6 Å². The molecule has 0 N–H and O–H groups in total. The Hall–Kier alpha value is -0.110. The minimum atomic E-state index is -2.68. The third-order valence-electron chi connectivity index (χ3n) is 1.30. The summed E-state index contributed by atoms with van der Waals surface area (Å²) in [5.41, 5.74) is -0.360. The van der Waals surface area contributed by atoms with Crippen LogP contribution in [0.4, 0.5) is 8.78 Å². The average Bonchev–Trinajstić information content (AvgIpc) is 2.03. The quantitative estimate of drug-likeness (QED) is 0.598. The van der Waals surface area contributed by atoms with E-state index in [2.05, 4.69) is 20.9 Å². The first-order valence-corrected chi connectivity index (χ1v) is 5.02. The monoisotopic (exact) mass is 361 g/mol. The summed E-state index contributed by atoms with van der Waals surface area (Å²) < 4.78 is 25.3. The Balaban J connectivity index is 3.30. The van der Waals surface area contributed by atoms with Crippen LogP contribution in [0.3, 0.4) is 0 Å². The number of hydrogen-bond donors (Lipinski definition) is 0. The second-order valence-electron chi connectivity index (χ2n) is 2.14. The van der Waals surface area contributed by atoms with E-state index in [1.807, 2.05) is 22.6 Å². The van der Waals surface area contributed by atoms with Gasteiger partial charge in [-0.25, -0.2) is 13.8 Å². The molecule has 1 aromatic heterocycles. The SMILES string of the molecule is O=Cc1nc(C(F)F)c(Br)cc1I. The second-order valence-corrected chi connectivity index (χ2v) is 4.16. The Kier molecular flexibility index (Phi) is 3.72. The summed E-state index contributed by atoms with van der Waals surface area (Å²) in [7, 11) is 0. The minimum absolute atomic E-state index is 0.0408. The van der Waals surface area contributed by atoms with Crippen molar-refractivity contribution in [3.05, 3.63) is 25.5 Å². The van der Waals surface area contributed by atoms with Gasteiger partial charge in [-0.05, 0) is 44.6 Å². The molecule has 0 atom stereocenters. The number of carbonyl (C=O) groups excluding carboxylic acids is 1. The maximum atomic E-state index is 12.3. The van der Waals surface area contributed by atoms with Crippen molar-refractivity contribution >= 4 is 44.8 Å². The summed E-state index contributed by atoms with van der Waals surface area (Å²) in [6.07, 6.45) is -2.22. The molecule has 2 nitrogen and oxygen atoms in total. The summed E-state index contributed by atoms with van der Waals surface area (Å²) in [5.74, 6) is 0. The lowest BCUT2D eigenvalue weighted by molar-refractivity contribution is 0.111. The molecule has 6 heteroatoms. The number of alkyl halides is 2. The van der Waals surface area contributed by atoms with Gasteiger partial charge in [-0.1, -0.05) is 0 Å². The van der Waals surface area contributed by atoms with Gasteiger partial charge in [0.1, 0.15) is 11.4 Å². The standard InChI is InChI=1S/C7H3BrF2INO/c8-3-1-4(11)5(2-13)12-6(3)7(9)10/h1-2,7H. The Labute approximate surface area is 95.0 Å². The predicted molar refractivity (Wildman–Crippen MR) is 55.0 cm³/mol. The molecule has 0 fully saturated rings. The van der Waals surface area contributed by atoms with Crippen LogP contribution in [-0.2, 0) is 0 Å². The van der Waals surface area contributed by atoms with Crippen LogP contribution in [0, 0.1) is 3.57 Å². The molecule has 1 rings (SSSR count). The highest BCUT2D eigenvalue weighted by Crippen LogP contribution is 2.27. The van der Waals surface area contributed by atoms with Gasteiger partial charge in [-0.3, -0.25) is 4.79 Å². The predicted octanol–water partition coefficient (Wildman–Crippen LogP) is 3.20. The fourth-order valence-corrected chi connectivity index (χ4v) is 2.21. The van der Waals surface area contributed by atoms with Crippen LogP contribution >= 0.6 is 38.5 Å². The summed E-state index contributed by atoms with van der Waals surface area (Å²) in [6, 6.07) is 1.44. The lowest BCUT2D eigenvalue weighted by Gasteiger charge is -2.04.